The third-order valence-electron chi connectivity index (χ3n) is 6.91. The molecule has 0 aromatic heterocycles. The average molecular weight is 474 g/mol. The fourth-order valence-corrected chi connectivity index (χ4v) is 6.66. The lowest BCUT2D eigenvalue weighted by atomic mass is 9.94. The summed E-state index contributed by atoms with van der Waals surface area (Å²) in [5.74, 6) is 0.957. The van der Waals surface area contributed by atoms with Crippen LogP contribution in [-0.2, 0) is 34.2 Å². The van der Waals surface area contributed by atoms with E-state index in [0.29, 0.717) is 23.8 Å². The maximum Gasteiger partial charge on any atom is 0.264 e. The summed E-state index contributed by atoms with van der Waals surface area (Å²) in [5, 5.41) is 9.96. The Balaban J connectivity index is 1.63. The van der Waals surface area contributed by atoms with Crippen LogP contribution in [0.2, 0.25) is 0 Å². The van der Waals surface area contributed by atoms with Crippen molar-refractivity contribution in [1.29, 1.82) is 0 Å². The Bertz CT molecular complexity index is 1060. The molecule has 0 bridgehead atoms. The molecule has 0 radical (unpaired) electrons. The molecule has 7 heteroatoms. The van der Waals surface area contributed by atoms with E-state index in [-0.39, 0.29) is 17.5 Å². The number of nitrogens with zero attached hydrogens (tertiary/aromatic N) is 1. The van der Waals surface area contributed by atoms with Gasteiger partial charge in [-0.05, 0) is 79.8 Å². The lowest BCUT2D eigenvalue weighted by Gasteiger charge is -2.37. The van der Waals surface area contributed by atoms with Crippen LogP contribution in [0.25, 0.3) is 0 Å². The molecule has 0 saturated carbocycles. The SMILES string of the molecule is CCc1ccc2c(c1)CC[C@H](CC)N2S(=O)(=O)c1ccc(OCC2CCOCC2)c(CO)c1. The standard InChI is InChI=1S/C26H35NO5S/c1-3-19-5-9-25-21(15-19)6-7-23(4-2)27(25)33(29,30)24-8-10-26(22(16-24)17-28)32-18-20-11-13-31-14-12-20/h5,8-10,15-16,20,23,28H,3-4,6-7,11-14,17-18H2,1-2H3/t23-/m0/s1. The summed E-state index contributed by atoms with van der Waals surface area (Å²) in [6, 6.07) is 10.9. The number of aliphatic hydroxyl groups excluding tert-OH is 1. The highest BCUT2D eigenvalue weighted by molar-refractivity contribution is 7.92. The second-order valence-corrected chi connectivity index (χ2v) is 10.8. The van der Waals surface area contributed by atoms with Gasteiger partial charge in [0.15, 0.2) is 0 Å². The Kier molecular flexibility index (Phi) is 7.62. The molecule has 180 valence electrons. The van der Waals surface area contributed by atoms with Gasteiger partial charge in [0.2, 0.25) is 0 Å². The molecule has 6 nitrogen and oxygen atoms in total. The minimum Gasteiger partial charge on any atom is -0.493 e. The molecule has 33 heavy (non-hydrogen) atoms. The van der Waals surface area contributed by atoms with Crippen LogP contribution in [0.5, 0.6) is 5.75 Å². The largest absolute Gasteiger partial charge is 0.493 e. The second kappa shape index (κ2) is 10.5. The first-order chi connectivity index (χ1) is 16.0. The minimum atomic E-state index is -3.79. The Morgan fingerprint density at radius 3 is 2.58 bits per heavy atom. The number of aryl methyl sites for hydroxylation is 2. The minimum absolute atomic E-state index is 0.0861. The zero-order valence-corrected chi connectivity index (χ0v) is 20.4. The second-order valence-electron chi connectivity index (χ2n) is 9.01. The van der Waals surface area contributed by atoms with E-state index in [1.807, 2.05) is 19.1 Å². The predicted octanol–water partition coefficient (Wildman–Crippen LogP) is 4.47. The smallest absolute Gasteiger partial charge is 0.264 e. The van der Waals surface area contributed by atoms with Crippen molar-refractivity contribution in [3.05, 3.63) is 53.1 Å². The Morgan fingerprint density at radius 2 is 1.88 bits per heavy atom. The molecule has 0 amide bonds. The molecule has 1 N–H and O–H groups in total. The first-order valence-electron chi connectivity index (χ1n) is 12.1. The van der Waals surface area contributed by atoms with Gasteiger partial charge in [0.1, 0.15) is 5.75 Å². The third kappa shape index (κ3) is 5.05. The number of fused-ring (bicyclic) bond motifs is 1. The molecule has 1 fully saturated rings. The van der Waals surface area contributed by atoms with Gasteiger partial charge in [0, 0.05) is 24.8 Å². The van der Waals surface area contributed by atoms with Crippen LogP contribution in [0.15, 0.2) is 41.3 Å². The molecule has 0 unspecified atom stereocenters. The molecule has 4 rings (SSSR count). The summed E-state index contributed by atoms with van der Waals surface area (Å²) >= 11 is 0. The number of hydrogen-bond donors (Lipinski definition) is 1. The average Bonchev–Trinajstić information content (AvgIpc) is 2.86. The fourth-order valence-electron chi connectivity index (χ4n) is 4.82. The first-order valence-corrected chi connectivity index (χ1v) is 13.5. The van der Waals surface area contributed by atoms with Crippen LogP contribution in [0.3, 0.4) is 0 Å². The van der Waals surface area contributed by atoms with E-state index < -0.39 is 10.0 Å². The Labute approximate surface area is 197 Å². The lowest BCUT2D eigenvalue weighted by Crippen LogP contribution is -2.43. The zero-order valence-electron chi connectivity index (χ0n) is 19.6. The fraction of sp³-hybridized carbons (Fsp3) is 0.538. The maximum absolute atomic E-state index is 13.8. The molecule has 2 aromatic rings. The molecule has 2 aromatic carbocycles. The van der Waals surface area contributed by atoms with E-state index in [1.165, 1.54) is 5.56 Å². The lowest BCUT2D eigenvalue weighted by molar-refractivity contribution is 0.0494. The molecule has 2 heterocycles. The van der Waals surface area contributed by atoms with Gasteiger partial charge in [0.25, 0.3) is 10.0 Å². The van der Waals surface area contributed by atoms with Crippen molar-refractivity contribution < 1.29 is 23.0 Å². The van der Waals surface area contributed by atoms with Crippen molar-refractivity contribution in [2.24, 2.45) is 5.92 Å². The quantitative estimate of drug-likeness (QED) is 0.612. The summed E-state index contributed by atoms with van der Waals surface area (Å²) in [6.07, 6.45) is 5.25. The number of aliphatic hydroxyl groups is 1. The number of sulfonamides is 1. The van der Waals surface area contributed by atoms with E-state index in [1.54, 1.807) is 22.5 Å². The van der Waals surface area contributed by atoms with Crippen molar-refractivity contribution in [2.75, 3.05) is 24.1 Å². The van der Waals surface area contributed by atoms with Gasteiger partial charge < -0.3 is 14.6 Å². The number of rotatable bonds is 8. The van der Waals surface area contributed by atoms with Gasteiger partial charge in [-0.25, -0.2) is 8.42 Å². The van der Waals surface area contributed by atoms with Crippen LogP contribution in [0.1, 0.15) is 56.2 Å². The normalized spacial score (nSPS) is 19.4. The molecule has 0 spiro atoms. The van der Waals surface area contributed by atoms with Crippen molar-refractivity contribution >= 4 is 15.7 Å². The Hall–Kier alpha value is -2.09. The van der Waals surface area contributed by atoms with Crippen LogP contribution >= 0.6 is 0 Å². The number of anilines is 1. The van der Waals surface area contributed by atoms with Crippen LogP contribution in [0, 0.1) is 5.92 Å². The van der Waals surface area contributed by atoms with E-state index >= 15 is 0 Å². The van der Waals surface area contributed by atoms with Crippen LogP contribution in [-0.4, -0.2) is 39.4 Å². The maximum atomic E-state index is 13.8. The molecule has 1 saturated heterocycles. The molecular weight excluding hydrogens is 438 g/mol. The van der Waals surface area contributed by atoms with Gasteiger partial charge in [-0.1, -0.05) is 26.0 Å². The van der Waals surface area contributed by atoms with E-state index in [0.717, 1.165) is 63.0 Å². The molecule has 0 aliphatic carbocycles. The molecule has 2 aliphatic rings. The van der Waals surface area contributed by atoms with Crippen molar-refractivity contribution in [3.8, 4) is 5.75 Å². The van der Waals surface area contributed by atoms with Crippen molar-refractivity contribution in [3.63, 3.8) is 0 Å². The van der Waals surface area contributed by atoms with Gasteiger partial charge in [-0.3, -0.25) is 4.31 Å². The van der Waals surface area contributed by atoms with E-state index in [4.69, 9.17) is 9.47 Å². The van der Waals surface area contributed by atoms with Crippen LogP contribution in [0.4, 0.5) is 5.69 Å². The van der Waals surface area contributed by atoms with Gasteiger partial charge in [0.05, 0.1) is 23.8 Å². The monoisotopic (exact) mass is 473 g/mol. The molecule has 1 atom stereocenters. The summed E-state index contributed by atoms with van der Waals surface area (Å²) in [7, 11) is -3.79. The Morgan fingerprint density at radius 1 is 1.09 bits per heavy atom. The van der Waals surface area contributed by atoms with Gasteiger partial charge in [-0.2, -0.15) is 0 Å². The summed E-state index contributed by atoms with van der Waals surface area (Å²) < 4.78 is 40.7. The number of ether oxygens (including phenoxy) is 2. The zero-order chi connectivity index (χ0) is 23.4. The predicted molar refractivity (Wildman–Crippen MR) is 129 cm³/mol. The molecular formula is C26H35NO5S. The summed E-state index contributed by atoms with van der Waals surface area (Å²) in [5.41, 5.74) is 3.57. The highest BCUT2D eigenvalue weighted by Crippen LogP contribution is 2.38. The molecule has 2 aliphatic heterocycles. The van der Waals surface area contributed by atoms with Crippen LogP contribution < -0.4 is 9.04 Å². The van der Waals surface area contributed by atoms with Crippen molar-refractivity contribution in [2.45, 2.75) is 69.9 Å². The topological polar surface area (TPSA) is 76.1 Å². The highest BCUT2D eigenvalue weighted by Gasteiger charge is 2.35. The van der Waals surface area contributed by atoms with E-state index in [2.05, 4.69) is 13.0 Å². The van der Waals surface area contributed by atoms with Gasteiger partial charge in [-0.15, -0.1) is 0 Å². The number of benzene rings is 2. The number of hydrogen-bond acceptors (Lipinski definition) is 5. The summed E-state index contributed by atoms with van der Waals surface area (Å²) in [4.78, 5) is 0.191. The van der Waals surface area contributed by atoms with Crippen molar-refractivity contribution in [1.82, 2.24) is 0 Å². The highest BCUT2D eigenvalue weighted by atomic mass is 32.2. The van der Waals surface area contributed by atoms with E-state index in [9.17, 15) is 13.5 Å². The van der Waals surface area contributed by atoms with Gasteiger partial charge >= 0.3 is 0 Å². The first kappa shape index (κ1) is 24.0. The summed E-state index contributed by atoms with van der Waals surface area (Å²) in [6.45, 7) is 5.89. The third-order valence-corrected chi connectivity index (χ3v) is 8.78.